The maximum absolute atomic E-state index is 12.5. The van der Waals surface area contributed by atoms with Crippen LogP contribution in [0.5, 0.6) is 0 Å². The van der Waals surface area contributed by atoms with Crippen molar-refractivity contribution < 1.29 is 43.8 Å². The van der Waals surface area contributed by atoms with Crippen LogP contribution in [-0.2, 0) is 33.6 Å². The molecule has 4 unspecified atom stereocenters. The first-order chi connectivity index (χ1) is 14.3. The van der Waals surface area contributed by atoms with Crippen LogP contribution in [0.1, 0.15) is 19.3 Å². The Morgan fingerprint density at radius 1 is 0.645 bits per heavy atom. The number of hydrogen-bond donors (Lipinski definition) is 9. The van der Waals surface area contributed by atoms with E-state index in [0.29, 0.717) is 0 Å². The standard InChI is InChI=1S/C15H25N7O9/c16-5(4-23)12(27)20-6(1-9(17)24)13(28)21-7(2-10(18)25)14(29)22-8(15(30)31)3-11(19)26/h5-8,23H,1-4,16H2,(H2,17,24)(H2,18,25)(H2,19,26)(H,20,27)(H,21,28)(H,22,29)(H,30,31). The van der Waals surface area contributed by atoms with Crippen molar-refractivity contribution in [1.82, 2.24) is 16.0 Å². The van der Waals surface area contributed by atoms with E-state index in [2.05, 4.69) is 0 Å². The lowest BCUT2D eigenvalue weighted by Crippen LogP contribution is -2.58. The molecular weight excluding hydrogens is 422 g/mol. The molecule has 0 saturated carbocycles. The van der Waals surface area contributed by atoms with E-state index in [1.54, 1.807) is 0 Å². The first kappa shape index (κ1) is 27.2. The van der Waals surface area contributed by atoms with Crippen LogP contribution in [0.15, 0.2) is 0 Å². The summed E-state index contributed by atoms with van der Waals surface area (Å²) in [6, 6.07) is -6.58. The zero-order chi connectivity index (χ0) is 24.3. The van der Waals surface area contributed by atoms with E-state index in [1.807, 2.05) is 16.0 Å². The van der Waals surface area contributed by atoms with Gasteiger partial charge in [0.05, 0.1) is 25.9 Å². The van der Waals surface area contributed by atoms with E-state index in [0.717, 1.165) is 0 Å². The second kappa shape index (κ2) is 12.7. The predicted molar refractivity (Wildman–Crippen MR) is 99.9 cm³/mol. The Bertz CT molecular complexity index is 742. The van der Waals surface area contributed by atoms with Gasteiger partial charge < -0.3 is 49.1 Å². The molecule has 0 aliphatic rings. The maximum atomic E-state index is 12.5. The lowest BCUT2D eigenvalue weighted by molar-refractivity contribution is -0.144. The minimum Gasteiger partial charge on any atom is -0.480 e. The van der Waals surface area contributed by atoms with Crippen LogP contribution < -0.4 is 38.9 Å². The number of nitrogens with two attached hydrogens (primary N) is 4. The third-order valence-corrected chi connectivity index (χ3v) is 3.63. The number of aliphatic hydroxyl groups excluding tert-OH is 1. The fourth-order valence-corrected chi connectivity index (χ4v) is 2.13. The highest BCUT2D eigenvalue weighted by atomic mass is 16.4. The summed E-state index contributed by atoms with van der Waals surface area (Å²) in [5.41, 5.74) is 20.3. The molecule has 0 aromatic heterocycles. The Morgan fingerprint density at radius 2 is 0.968 bits per heavy atom. The molecule has 0 saturated heterocycles. The maximum Gasteiger partial charge on any atom is 0.326 e. The molecule has 0 aliphatic carbocycles. The lowest BCUT2D eigenvalue weighted by Gasteiger charge is -2.23. The Kier molecular flexibility index (Phi) is 11.2. The average Bonchev–Trinajstić information content (AvgIpc) is 2.64. The number of carbonyl (C=O) groups is 7. The zero-order valence-corrected chi connectivity index (χ0v) is 16.2. The van der Waals surface area contributed by atoms with Crippen LogP contribution >= 0.6 is 0 Å². The molecule has 31 heavy (non-hydrogen) atoms. The van der Waals surface area contributed by atoms with Gasteiger partial charge in [0, 0.05) is 0 Å². The third-order valence-electron chi connectivity index (χ3n) is 3.63. The molecule has 0 bridgehead atoms. The number of aliphatic hydroxyl groups is 1. The third kappa shape index (κ3) is 10.5. The molecule has 0 aliphatic heterocycles. The Hall–Kier alpha value is -3.79. The largest absolute Gasteiger partial charge is 0.480 e. The summed E-state index contributed by atoms with van der Waals surface area (Å²) in [5, 5.41) is 23.9. The Labute approximate surface area is 175 Å². The molecule has 16 heteroatoms. The molecule has 0 rings (SSSR count). The van der Waals surface area contributed by atoms with Gasteiger partial charge in [-0.3, -0.25) is 28.8 Å². The van der Waals surface area contributed by atoms with Gasteiger partial charge in [-0.05, 0) is 0 Å². The second-order valence-electron chi connectivity index (χ2n) is 6.32. The van der Waals surface area contributed by atoms with E-state index in [4.69, 9.17) is 33.1 Å². The number of carboxylic acid groups (broad SMARTS) is 1. The van der Waals surface area contributed by atoms with Crippen molar-refractivity contribution in [2.75, 3.05) is 6.61 Å². The van der Waals surface area contributed by atoms with Gasteiger partial charge in [0.1, 0.15) is 24.2 Å². The van der Waals surface area contributed by atoms with Crippen LogP contribution in [0.25, 0.3) is 0 Å². The van der Waals surface area contributed by atoms with Gasteiger partial charge in [-0.2, -0.15) is 0 Å². The number of nitrogens with one attached hydrogen (secondary N) is 3. The van der Waals surface area contributed by atoms with Crippen molar-refractivity contribution in [2.24, 2.45) is 22.9 Å². The van der Waals surface area contributed by atoms with E-state index < -0.39 is 91.4 Å². The number of primary amides is 3. The number of aliphatic carboxylic acids is 1. The summed E-state index contributed by atoms with van der Waals surface area (Å²) in [4.78, 5) is 81.2. The number of carboxylic acids is 1. The van der Waals surface area contributed by atoms with Crippen LogP contribution in [-0.4, -0.2) is 82.4 Å². The molecule has 0 aromatic carbocycles. The van der Waals surface area contributed by atoms with Gasteiger partial charge in [-0.25, -0.2) is 4.79 Å². The smallest absolute Gasteiger partial charge is 0.326 e. The van der Waals surface area contributed by atoms with Crippen LogP contribution in [0.2, 0.25) is 0 Å². The molecule has 0 fully saturated rings. The van der Waals surface area contributed by atoms with Crippen molar-refractivity contribution in [3.63, 3.8) is 0 Å². The van der Waals surface area contributed by atoms with Gasteiger partial charge >= 0.3 is 5.97 Å². The first-order valence-corrected chi connectivity index (χ1v) is 8.63. The minimum atomic E-state index is -1.76. The molecule has 4 atom stereocenters. The summed E-state index contributed by atoms with van der Waals surface area (Å²) in [7, 11) is 0. The molecule has 0 heterocycles. The summed E-state index contributed by atoms with van der Waals surface area (Å²) in [6.45, 7) is -0.778. The molecule has 0 spiro atoms. The highest BCUT2D eigenvalue weighted by molar-refractivity contribution is 5.98. The molecule has 6 amide bonds. The fourth-order valence-electron chi connectivity index (χ4n) is 2.13. The second-order valence-corrected chi connectivity index (χ2v) is 6.32. The molecule has 174 valence electrons. The van der Waals surface area contributed by atoms with Gasteiger partial charge in [0.25, 0.3) is 0 Å². The minimum absolute atomic E-state index is 0.736. The summed E-state index contributed by atoms with van der Waals surface area (Å²) in [5.74, 6) is -8.16. The topological polar surface area (TPSA) is 300 Å². The average molecular weight is 447 g/mol. The molecule has 0 radical (unpaired) electrons. The Morgan fingerprint density at radius 3 is 1.29 bits per heavy atom. The van der Waals surface area contributed by atoms with Gasteiger partial charge in [0.2, 0.25) is 35.4 Å². The summed E-state index contributed by atoms with van der Waals surface area (Å²) in [6.07, 6.45) is -2.31. The van der Waals surface area contributed by atoms with E-state index in [9.17, 15) is 33.6 Å². The van der Waals surface area contributed by atoms with Crippen molar-refractivity contribution in [3.8, 4) is 0 Å². The number of carbonyl (C=O) groups excluding carboxylic acids is 6. The van der Waals surface area contributed by atoms with Gasteiger partial charge in [-0.1, -0.05) is 0 Å². The molecule has 16 nitrogen and oxygen atoms in total. The van der Waals surface area contributed by atoms with Crippen molar-refractivity contribution >= 4 is 41.4 Å². The zero-order valence-electron chi connectivity index (χ0n) is 16.2. The first-order valence-electron chi connectivity index (χ1n) is 8.63. The van der Waals surface area contributed by atoms with E-state index >= 15 is 0 Å². The van der Waals surface area contributed by atoms with Crippen molar-refractivity contribution in [1.29, 1.82) is 0 Å². The van der Waals surface area contributed by atoms with E-state index in [-0.39, 0.29) is 0 Å². The molecule has 13 N–H and O–H groups in total. The highest BCUT2D eigenvalue weighted by Crippen LogP contribution is 2.01. The fraction of sp³-hybridized carbons (Fsp3) is 0.533. The lowest BCUT2D eigenvalue weighted by atomic mass is 10.1. The quantitative estimate of drug-likeness (QED) is 0.121. The van der Waals surface area contributed by atoms with E-state index in [1.165, 1.54) is 0 Å². The van der Waals surface area contributed by atoms with Gasteiger partial charge in [-0.15, -0.1) is 0 Å². The van der Waals surface area contributed by atoms with Gasteiger partial charge in [0.15, 0.2) is 0 Å². The van der Waals surface area contributed by atoms with Crippen LogP contribution in [0, 0.1) is 0 Å². The molecular formula is C15H25N7O9. The van der Waals surface area contributed by atoms with Crippen LogP contribution in [0.4, 0.5) is 0 Å². The molecule has 0 aromatic rings. The normalized spacial score (nSPS) is 14.3. The van der Waals surface area contributed by atoms with Crippen molar-refractivity contribution in [2.45, 2.75) is 43.4 Å². The number of hydrogen-bond acceptors (Lipinski definition) is 9. The number of amides is 6. The predicted octanol–water partition coefficient (Wildman–Crippen LogP) is -6.53. The van der Waals surface area contributed by atoms with Crippen molar-refractivity contribution in [3.05, 3.63) is 0 Å². The summed E-state index contributed by atoms with van der Waals surface area (Å²) < 4.78 is 0. The Balaban J connectivity index is 5.53. The summed E-state index contributed by atoms with van der Waals surface area (Å²) >= 11 is 0. The SMILES string of the molecule is NC(=O)CC(NC(=O)C(CC(N)=O)NC(=O)C(CC(N)=O)NC(=O)C(N)CO)C(=O)O. The highest BCUT2D eigenvalue weighted by Gasteiger charge is 2.32. The van der Waals surface area contributed by atoms with Crippen LogP contribution in [0.3, 0.4) is 0 Å². The monoisotopic (exact) mass is 447 g/mol. The number of rotatable bonds is 14.